The van der Waals surface area contributed by atoms with E-state index in [0.717, 1.165) is 11.1 Å². The van der Waals surface area contributed by atoms with Gasteiger partial charge in [-0.25, -0.2) is 0 Å². The largest absolute Gasteiger partial charge is 0.467 e. The van der Waals surface area contributed by atoms with Crippen LogP contribution >= 0.6 is 11.6 Å². The lowest BCUT2D eigenvalue weighted by Gasteiger charge is -2.25. The summed E-state index contributed by atoms with van der Waals surface area (Å²) in [6.45, 7) is 5.17. The van der Waals surface area contributed by atoms with Crippen LogP contribution in [0.1, 0.15) is 36.6 Å². The summed E-state index contributed by atoms with van der Waals surface area (Å²) in [7, 11) is 0. The molecule has 0 unspecified atom stereocenters. The Balaban J connectivity index is 1.86. The van der Waals surface area contributed by atoms with E-state index in [-0.39, 0.29) is 18.5 Å². The Labute approximate surface area is 157 Å². The van der Waals surface area contributed by atoms with Crippen LogP contribution < -0.4 is 10.1 Å². The van der Waals surface area contributed by atoms with Crippen molar-refractivity contribution < 1.29 is 14.4 Å². The summed E-state index contributed by atoms with van der Waals surface area (Å²) in [6.07, 6.45) is 0. The minimum absolute atomic E-state index is 0.0437. The molecule has 2 aromatic carbocycles. The molecular formula is C19H21ClN2O4. The van der Waals surface area contributed by atoms with Crippen LogP contribution in [0.3, 0.4) is 0 Å². The van der Waals surface area contributed by atoms with Crippen LogP contribution in [-0.4, -0.2) is 11.7 Å². The molecule has 26 heavy (non-hydrogen) atoms. The van der Waals surface area contributed by atoms with Gasteiger partial charge in [-0.3, -0.25) is 10.1 Å². The van der Waals surface area contributed by atoms with Crippen molar-refractivity contribution >= 4 is 17.3 Å². The van der Waals surface area contributed by atoms with Gasteiger partial charge in [0, 0.05) is 40.9 Å². The lowest BCUT2D eigenvalue weighted by atomic mass is 9.95. The molecule has 1 heterocycles. The second-order valence-electron chi connectivity index (χ2n) is 6.62. The number of halogens is 1. The van der Waals surface area contributed by atoms with Gasteiger partial charge < -0.3 is 14.8 Å². The molecule has 0 bridgehead atoms. The van der Waals surface area contributed by atoms with Gasteiger partial charge in [0.05, 0.1) is 11.5 Å². The first kappa shape index (κ1) is 18.6. The van der Waals surface area contributed by atoms with Gasteiger partial charge in [0.1, 0.15) is 5.75 Å². The maximum atomic E-state index is 11.2. The van der Waals surface area contributed by atoms with Crippen molar-refractivity contribution in [3.8, 4) is 5.75 Å². The SMILES string of the molecule is CC(C)[C@@H](NCc1cc([N+](=O)[O-])cc2c1OCOC2)c1ccc(Cl)cc1. The number of benzene rings is 2. The van der Waals surface area contributed by atoms with Crippen molar-refractivity contribution in [3.05, 3.63) is 68.2 Å². The Morgan fingerprint density at radius 1 is 1.27 bits per heavy atom. The van der Waals surface area contributed by atoms with Crippen LogP contribution in [0.2, 0.25) is 5.02 Å². The summed E-state index contributed by atoms with van der Waals surface area (Å²) in [4.78, 5) is 10.8. The number of nitrogens with zero attached hydrogens (tertiary/aromatic N) is 1. The Morgan fingerprint density at radius 2 is 2.00 bits per heavy atom. The molecule has 0 aromatic heterocycles. The number of ether oxygens (including phenoxy) is 2. The van der Waals surface area contributed by atoms with Crippen LogP contribution in [0.4, 0.5) is 5.69 Å². The van der Waals surface area contributed by atoms with Crippen molar-refractivity contribution in [1.29, 1.82) is 0 Å². The van der Waals surface area contributed by atoms with E-state index in [1.54, 1.807) is 6.07 Å². The summed E-state index contributed by atoms with van der Waals surface area (Å²) in [5.41, 5.74) is 2.63. The van der Waals surface area contributed by atoms with Gasteiger partial charge in [0.25, 0.3) is 5.69 Å². The number of nitro groups is 1. The van der Waals surface area contributed by atoms with Gasteiger partial charge in [0.15, 0.2) is 6.79 Å². The van der Waals surface area contributed by atoms with E-state index in [1.807, 2.05) is 24.3 Å². The van der Waals surface area contributed by atoms with E-state index in [0.29, 0.717) is 35.4 Å². The molecule has 0 aliphatic carbocycles. The van der Waals surface area contributed by atoms with Crippen molar-refractivity contribution in [2.45, 2.75) is 33.0 Å². The van der Waals surface area contributed by atoms with Crippen molar-refractivity contribution in [3.63, 3.8) is 0 Å². The highest BCUT2D eigenvalue weighted by molar-refractivity contribution is 6.30. The number of hydrogen-bond donors (Lipinski definition) is 1. The Kier molecular flexibility index (Phi) is 5.76. The minimum atomic E-state index is -0.391. The van der Waals surface area contributed by atoms with Gasteiger partial charge in [-0.1, -0.05) is 37.6 Å². The minimum Gasteiger partial charge on any atom is -0.467 e. The molecule has 3 rings (SSSR count). The molecule has 2 aromatic rings. The number of hydrogen-bond acceptors (Lipinski definition) is 5. The van der Waals surface area contributed by atoms with Crippen LogP contribution in [0.25, 0.3) is 0 Å². The van der Waals surface area contributed by atoms with Crippen LogP contribution in [0.15, 0.2) is 36.4 Å². The molecule has 1 aliphatic rings. The van der Waals surface area contributed by atoms with E-state index < -0.39 is 4.92 Å². The second kappa shape index (κ2) is 8.03. The van der Waals surface area contributed by atoms with E-state index >= 15 is 0 Å². The van der Waals surface area contributed by atoms with Gasteiger partial charge >= 0.3 is 0 Å². The maximum absolute atomic E-state index is 11.2. The first-order valence-corrected chi connectivity index (χ1v) is 8.83. The number of fused-ring (bicyclic) bond motifs is 1. The fraction of sp³-hybridized carbons (Fsp3) is 0.368. The molecule has 6 nitrogen and oxygen atoms in total. The Bertz CT molecular complexity index is 793. The monoisotopic (exact) mass is 376 g/mol. The topological polar surface area (TPSA) is 73.6 Å². The van der Waals surface area contributed by atoms with E-state index in [1.165, 1.54) is 6.07 Å². The fourth-order valence-electron chi connectivity index (χ4n) is 3.15. The van der Waals surface area contributed by atoms with Crippen molar-refractivity contribution in [2.24, 2.45) is 5.92 Å². The lowest BCUT2D eigenvalue weighted by Crippen LogP contribution is -2.26. The zero-order valence-electron chi connectivity index (χ0n) is 14.7. The average molecular weight is 377 g/mol. The molecule has 0 saturated heterocycles. The predicted molar refractivity (Wildman–Crippen MR) is 99.3 cm³/mol. The van der Waals surface area contributed by atoms with Gasteiger partial charge in [-0.2, -0.15) is 0 Å². The standard InChI is InChI=1S/C19H21ClN2O4/c1-12(2)18(13-3-5-16(20)6-4-13)21-9-14-7-17(22(23)24)8-15-10-25-11-26-19(14)15/h3-8,12,18,21H,9-11H2,1-2H3/t18-/m1/s1. The van der Waals surface area contributed by atoms with E-state index in [4.69, 9.17) is 21.1 Å². The van der Waals surface area contributed by atoms with Gasteiger partial charge in [-0.05, 0) is 23.6 Å². The zero-order chi connectivity index (χ0) is 18.7. The molecule has 0 spiro atoms. The zero-order valence-corrected chi connectivity index (χ0v) is 15.5. The number of rotatable bonds is 6. The molecule has 138 valence electrons. The second-order valence-corrected chi connectivity index (χ2v) is 7.05. The highest BCUT2D eigenvalue weighted by Crippen LogP contribution is 2.33. The summed E-state index contributed by atoms with van der Waals surface area (Å²) < 4.78 is 10.9. The third kappa shape index (κ3) is 4.15. The predicted octanol–water partition coefficient (Wildman–Crippen LogP) is 4.60. The molecule has 0 amide bonds. The van der Waals surface area contributed by atoms with E-state index in [9.17, 15) is 10.1 Å². The summed E-state index contributed by atoms with van der Waals surface area (Å²) in [6, 6.07) is 10.9. The molecule has 1 atom stereocenters. The normalized spacial score (nSPS) is 14.6. The molecule has 1 aliphatic heterocycles. The first-order chi connectivity index (χ1) is 12.5. The maximum Gasteiger partial charge on any atom is 0.270 e. The first-order valence-electron chi connectivity index (χ1n) is 8.45. The fourth-order valence-corrected chi connectivity index (χ4v) is 3.27. The Hall–Kier alpha value is -2.15. The number of nitrogens with one attached hydrogen (secondary N) is 1. The number of non-ortho nitro benzene ring substituents is 1. The van der Waals surface area contributed by atoms with Gasteiger partial charge in [0.2, 0.25) is 0 Å². The highest BCUT2D eigenvalue weighted by Gasteiger charge is 2.22. The third-order valence-electron chi connectivity index (χ3n) is 4.39. The van der Waals surface area contributed by atoms with Crippen LogP contribution in [0, 0.1) is 16.0 Å². The van der Waals surface area contributed by atoms with Crippen molar-refractivity contribution in [2.75, 3.05) is 6.79 Å². The van der Waals surface area contributed by atoms with Crippen molar-refractivity contribution in [1.82, 2.24) is 5.32 Å². The molecule has 0 fully saturated rings. The summed E-state index contributed by atoms with van der Waals surface area (Å²) in [5.74, 6) is 1.00. The molecule has 0 saturated carbocycles. The van der Waals surface area contributed by atoms with Gasteiger partial charge in [-0.15, -0.1) is 0 Å². The summed E-state index contributed by atoms with van der Waals surface area (Å²) in [5, 5.41) is 15.4. The highest BCUT2D eigenvalue weighted by atomic mass is 35.5. The average Bonchev–Trinajstić information content (AvgIpc) is 2.62. The Morgan fingerprint density at radius 3 is 2.65 bits per heavy atom. The lowest BCUT2D eigenvalue weighted by molar-refractivity contribution is -0.385. The third-order valence-corrected chi connectivity index (χ3v) is 4.64. The summed E-state index contributed by atoms with van der Waals surface area (Å²) >= 11 is 5.98. The molecule has 0 radical (unpaired) electrons. The quantitative estimate of drug-likeness (QED) is 0.589. The smallest absolute Gasteiger partial charge is 0.270 e. The molecule has 7 heteroatoms. The van der Waals surface area contributed by atoms with Crippen LogP contribution in [0.5, 0.6) is 5.75 Å². The number of nitro benzene ring substituents is 1. The van der Waals surface area contributed by atoms with E-state index in [2.05, 4.69) is 19.2 Å². The molecular weight excluding hydrogens is 356 g/mol. The van der Waals surface area contributed by atoms with Crippen LogP contribution in [-0.2, 0) is 17.9 Å². The molecule has 1 N–H and O–H groups in total.